The standard InChI is InChI=1S/C11H14FNO4/c1-5-4-6(12)9(16-2)10(17-3)7(5)8(13)11(14)15/h4,8H,13H2,1-3H3,(H,14,15). The number of nitrogens with two attached hydrogens (primary N) is 1. The van der Waals surface area contributed by atoms with E-state index < -0.39 is 17.8 Å². The highest BCUT2D eigenvalue weighted by Crippen LogP contribution is 2.38. The van der Waals surface area contributed by atoms with Gasteiger partial charge >= 0.3 is 5.97 Å². The number of aliphatic carboxylic acids is 1. The second-order valence-corrected chi connectivity index (χ2v) is 3.47. The average molecular weight is 243 g/mol. The molecule has 0 aliphatic rings. The lowest BCUT2D eigenvalue weighted by Gasteiger charge is -2.18. The van der Waals surface area contributed by atoms with E-state index >= 15 is 0 Å². The van der Waals surface area contributed by atoms with Crippen LogP contribution >= 0.6 is 0 Å². The zero-order valence-corrected chi connectivity index (χ0v) is 9.78. The summed E-state index contributed by atoms with van der Waals surface area (Å²) in [5, 5.41) is 8.90. The first-order valence-electron chi connectivity index (χ1n) is 4.83. The Labute approximate surface area is 97.9 Å². The number of ether oxygens (including phenoxy) is 2. The Bertz CT molecular complexity index is 448. The Kier molecular flexibility index (Phi) is 3.90. The number of hydrogen-bond acceptors (Lipinski definition) is 4. The fraction of sp³-hybridized carbons (Fsp3) is 0.364. The van der Waals surface area contributed by atoms with Gasteiger partial charge in [-0.25, -0.2) is 4.39 Å². The van der Waals surface area contributed by atoms with Crippen LogP contribution in [0.25, 0.3) is 0 Å². The number of carbonyl (C=O) groups is 1. The molecule has 0 saturated heterocycles. The van der Waals surface area contributed by atoms with E-state index in [1.165, 1.54) is 20.3 Å². The molecule has 1 rings (SSSR count). The van der Waals surface area contributed by atoms with Gasteiger partial charge in [-0.1, -0.05) is 0 Å². The van der Waals surface area contributed by atoms with Gasteiger partial charge in [0, 0.05) is 5.56 Å². The first-order chi connectivity index (χ1) is 7.93. The van der Waals surface area contributed by atoms with Gasteiger partial charge in [-0.3, -0.25) is 4.79 Å². The summed E-state index contributed by atoms with van der Waals surface area (Å²) in [5.74, 6) is -1.98. The number of aryl methyl sites for hydroxylation is 1. The van der Waals surface area contributed by atoms with E-state index in [0.717, 1.165) is 0 Å². The molecule has 0 heterocycles. The summed E-state index contributed by atoms with van der Waals surface area (Å²) in [4.78, 5) is 10.9. The first-order valence-corrected chi connectivity index (χ1v) is 4.83. The quantitative estimate of drug-likeness (QED) is 0.831. The van der Waals surface area contributed by atoms with Crippen LogP contribution in [0.2, 0.25) is 0 Å². The van der Waals surface area contributed by atoms with Crippen LogP contribution < -0.4 is 15.2 Å². The molecule has 6 heteroatoms. The molecule has 0 bridgehead atoms. The molecule has 0 saturated carbocycles. The van der Waals surface area contributed by atoms with Gasteiger partial charge in [-0.2, -0.15) is 0 Å². The van der Waals surface area contributed by atoms with E-state index in [4.69, 9.17) is 20.3 Å². The molecule has 0 amide bonds. The van der Waals surface area contributed by atoms with Crippen molar-refractivity contribution in [2.24, 2.45) is 5.73 Å². The number of rotatable bonds is 4. The molecular weight excluding hydrogens is 229 g/mol. The van der Waals surface area contributed by atoms with Crippen molar-refractivity contribution in [1.82, 2.24) is 0 Å². The maximum Gasteiger partial charge on any atom is 0.325 e. The zero-order valence-electron chi connectivity index (χ0n) is 9.78. The minimum Gasteiger partial charge on any atom is -0.492 e. The predicted molar refractivity (Wildman–Crippen MR) is 58.8 cm³/mol. The van der Waals surface area contributed by atoms with Crippen LogP contribution in [0.15, 0.2) is 6.07 Å². The van der Waals surface area contributed by atoms with Gasteiger partial charge in [-0.15, -0.1) is 0 Å². The average Bonchev–Trinajstić information content (AvgIpc) is 2.27. The van der Waals surface area contributed by atoms with Crippen LogP contribution in [0.4, 0.5) is 4.39 Å². The molecule has 1 aromatic carbocycles. The van der Waals surface area contributed by atoms with E-state index in [9.17, 15) is 9.18 Å². The zero-order chi connectivity index (χ0) is 13.2. The molecule has 0 aliphatic heterocycles. The van der Waals surface area contributed by atoms with Crippen LogP contribution in [0.3, 0.4) is 0 Å². The van der Waals surface area contributed by atoms with Crippen molar-refractivity contribution < 1.29 is 23.8 Å². The molecule has 94 valence electrons. The van der Waals surface area contributed by atoms with Crippen molar-refractivity contribution in [3.8, 4) is 11.5 Å². The lowest BCUT2D eigenvalue weighted by molar-refractivity contribution is -0.138. The summed E-state index contributed by atoms with van der Waals surface area (Å²) in [6, 6.07) is -0.126. The summed E-state index contributed by atoms with van der Waals surface area (Å²) < 4.78 is 23.4. The SMILES string of the molecule is COc1c(F)cc(C)c(C(N)C(=O)O)c1OC. The second-order valence-electron chi connectivity index (χ2n) is 3.47. The molecule has 1 aromatic rings. The van der Waals surface area contributed by atoms with Crippen molar-refractivity contribution in [1.29, 1.82) is 0 Å². The fourth-order valence-electron chi connectivity index (χ4n) is 1.65. The number of halogens is 1. The third kappa shape index (κ3) is 2.31. The van der Waals surface area contributed by atoms with Gasteiger partial charge in [0.25, 0.3) is 0 Å². The Morgan fingerprint density at radius 1 is 1.41 bits per heavy atom. The van der Waals surface area contributed by atoms with Crippen LogP contribution in [0.1, 0.15) is 17.2 Å². The predicted octanol–water partition coefficient (Wildman–Crippen LogP) is 1.24. The maximum atomic E-state index is 13.5. The highest BCUT2D eigenvalue weighted by atomic mass is 19.1. The van der Waals surface area contributed by atoms with Crippen molar-refractivity contribution in [2.45, 2.75) is 13.0 Å². The number of hydrogen-bond donors (Lipinski definition) is 2. The summed E-state index contributed by atoms with van der Waals surface area (Å²) in [7, 11) is 2.57. The summed E-state index contributed by atoms with van der Waals surface area (Å²) >= 11 is 0. The summed E-state index contributed by atoms with van der Waals surface area (Å²) in [5.41, 5.74) is 6.14. The van der Waals surface area contributed by atoms with E-state index in [2.05, 4.69) is 0 Å². The Balaban J connectivity index is 3.52. The molecular formula is C11H14FNO4. The topological polar surface area (TPSA) is 81.8 Å². The van der Waals surface area contributed by atoms with Crippen molar-refractivity contribution in [3.05, 3.63) is 23.0 Å². The summed E-state index contributed by atoms with van der Waals surface area (Å²) in [6.45, 7) is 1.56. The van der Waals surface area contributed by atoms with Gasteiger partial charge in [0.1, 0.15) is 6.04 Å². The molecule has 0 fully saturated rings. The molecule has 1 unspecified atom stereocenters. The number of benzene rings is 1. The van der Waals surface area contributed by atoms with E-state index in [1.54, 1.807) is 6.92 Å². The van der Waals surface area contributed by atoms with Gasteiger partial charge < -0.3 is 20.3 Å². The molecule has 5 nitrogen and oxygen atoms in total. The number of carboxylic acids is 1. The molecule has 1 atom stereocenters. The normalized spacial score (nSPS) is 12.1. The first kappa shape index (κ1) is 13.2. The minimum atomic E-state index is -1.29. The smallest absolute Gasteiger partial charge is 0.325 e. The summed E-state index contributed by atoms with van der Waals surface area (Å²) in [6.07, 6.45) is 0. The van der Waals surface area contributed by atoms with Crippen molar-refractivity contribution in [3.63, 3.8) is 0 Å². The third-order valence-corrected chi connectivity index (χ3v) is 2.42. The second kappa shape index (κ2) is 5.01. The highest BCUT2D eigenvalue weighted by Gasteiger charge is 2.26. The van der Waals surface area contributed by atoms with Crippen molar-refractivity contribution in [2.75, 3.05) is 14.2 Å². The van der Waals surface area contributed by atoms with Crippen LogP contribution in [0.5, 0.6) is 11.5 Å². The monoisotopic (exact) mass is 243 g/mol. The third-order valence-electron chi connectivity index (χ3n) is 2.42. The lowest BCUT2D eigenvalue weighted by Crippen LogP contribution is -2.22. The van der Waals surface area contributed by atoms with E-state index in [1.807, 2.05) is 0 Å². The van der Waals surface area contributed by atoms with Gasteiger partial charge in [-0.05, 0) is 18.6 Å². The lowest BCUT2D eigenvalue weighted by atomic mass is 9.99. The molecule has 0 spiro atoms. The van der Waals surface area contributed by atoms with Crippen LogP contribution in [-0.2, 0) is 4.79 Å². The Morgan fingerprint density at radius 2 is 1.94 bits per heavy atom. The van der Waals surface area contributed by atoms with Gasteiger partial charge in [0.15, 0.2) is 17.3 Å². The molecule has 0 aromatic heterocycles. The Hall–Kier alpha value is -1.82. The van der Waals surface area contributed by atoms with Crippen molar-refractivity contribution >= 4 is 5.97 Å². The van der Waals surface area contributed by atoms with Crippen LogP contribution in [-0.4, -0.2) is 25.3 Å². The molecule has 0 radical (unpaired) electrons. The van der Waals surface area contributed by atoms with Gasteiger partial charge in [0.05, 0.1) is 14.2 Å². The minimum absolute atomic E-state index is 0.0138. The highest BCUT2D eigenvalue weighted by molar-refractivity contribution is 5.78. The molecule has 17 heavy (non-hydrogen) atoms. The maximum absolute atomic E-state index is 13.5. The number of carboxylic acid groups (broad SMARTS) is 1. The number of methoxy groups -OCH3 is 2. The van der Waals surface area contributed by atoms with E-state index in [-0.39, 0.29) is 17.1 Å². The van der Waals surface area contributed by atoms with Gasteiger partial charge in [0.2, 0.25) is 0 Å². The molecule has 0 aliphatic carbocycles. The fourth-order valence-corrected chi connectivity index (χ4v) is 1.65. The largest absolute Gasteiger partial charge is 0.492 e. The Morgan fingerprint density at radius 3 is 2.35 bits per heavy atom. The molecule has 3 N–H and O–H groups in total. The van der Waals surface area contributed by atoms with Crippen LogP contribution in [0, 0.1) is 12.7 Å². The van der Waals surface area contributed by atoms with E-state index in [0.29, 0.717) is 5.56 Å².